The number of hydrogen-bond donors (Lipinski definition) is 2. The van der Waals surface area contributed by atoms with Gasteiger partial charge in [0.2, 0.25) is 5.89 Å². The standard InChI is InChI=1S/C11H13FN4O/c1-13-7-10-15-16-11(17-10)14-6-8-3-2-4-9(12)5-8/h2-5,13H,6-7H2,1H3,(H,14,16). The highest BCUT2D eigenvalue weighted by atomic mass is 19.1. The lowest BCUT2D eigenvalue weighted by Gasteiger charge is -2.01. The van der Waals surface area contributed by atoms with E-state index in [4.69, 9.17) is 4.42 Å². The van der Waals surface area contributed by atoms with Crippen LogP contribution in [0.1, 0.15) is 11.5 Å². The molecule has 0 spiro atoms. The summed E-state index contributed by atoms with van der Waals surface area (Å²) in [5, 5.41) is 13.5. The number of nitrogens with one attached hydrogen (secondary N) is 2. The van der Waals surface area contributed by atoms with Crippen LogP contribution in [0, 0.1) is 5.82 Å². The van der Waals surface area contributed by atoms with Crippen LogP contribution in [0.4, 0.5) is 10.4 Å². The molecule has 0 radical (unpaired) electrons. The second kappa shape index (κ2) is 5.40. The Morgan fingerprint density at radius 3 is 2.94 bits per heavy atom. The molecule has 0 unspecified atom stereocenters. The maximum atomic E-state index is 12.9. The molecule has 0 bridgehead atoms. The Kier molecular flexibility index (Phi) is 3.66. The number of nitrogens with zero attached hydrogens (tertiary/aromatic N) is 2. The SMILES string of the molecule is CNCc1nnc(NCc2cccc(F)c2)o1. The molecule has 2 rings (SSSR count). The van der Waals surface area contributed by atoms with Gasteiger partial charge in [-0.25, -0.2) is 4.39 Å². The van der Waals surface area contributed by atoms with Crippen molar-refractivity contribution in [2.24, 2.45) is 0 Å². The number of anilines is 1. The van der Waals surface area contributed by atoms with Gasteiger partial charge in [0.25, 0.3) is 0 Å². The van der Waals surface area contributed by atoms with Crippen molar-refractivity contribution in [3.8, 4) is 0 Å². The normalized spacial score (nSPS) is 10.5. The van der Waals surface area contributed by atoms with Crippen molar-refractivity contribution >= 4 is 6.01 Å². The van der Waals surface area contributed by atoms with Crippen molar-refractivity contribution in [3.05, 3.63) is 41.5 Å². The van der Waals surface area contributed by atoms with Gasteiger partial charge >= 0.3 is 6.01 Å². The fraction of sp³-hybridized carbons (Fsp3) is 0.273. The molecule has 0 aliphatic heterocycles. The molecule has 0 aliphatic rings. The molecule has 0 saturated heterocycles. The zero-order chi connectivity index (χ0) is 12.1. The third-order valence-electron chi connectivity index (χ3n) is 2.13. The zero-order valence-corrected chi connectivity index (χ0v) is 9.40. The molecule has 5 nitrogen and oxygen atoms in total. The van der Waals surface area contributed by atoms with Crippen LogP contribution in [-0.2, 0) is 13.1 Å². The molecular formula is C11H13FN4O. The fourth-order valence-electron chi connectivity index (χ4n) is 1.37. The minimum atomic E-state index is -0.259. The summed E-state index contributed by atoms with van der Waals surface area (Å²) in [4.78, 5) is 0. The van der Waals surface area contributed by atoms with Crippen molar-refractivity contribution in [2.75, 3.05) is 12.4 Å². The van der Waals surface area contributed by atoms with Gasteiger partial charge in [0.1, 0.15) is 5.82 Å². The third-order valence-corrected chi connectivity index (χ3v) is 2.13. The molecule has 0 aliphatic carbocycles. The van der Waals surface area contributed by atoms with E-state index in [9.17, 15) is 4.39 Å². The maximum absolute atomic E-state index is 12.9. The Morgan fingerprint density at radius 2 is 2.18 bits per heavy atom. The van der Waals surface area contributed by atoms with E-state index >= 15 is 0 Å². The summed E-state index contributed by atoms with van der Waals surface area (Å²) in [5.41, 5.74) is 0.818. The van der Waals surface area contributed by atoms with E-state index in [-0.39, 0.29) is 5.82 Å². The van der Waals surface area contributed by atoms with Crippen LogP contribution in [-0.4, -0.2) is 17.2 Å². The molecule has 0 fully saturated rings. The van der Waals surface area contributed by atoms with Crippen molar-refractivity contribution in [2.45, 2.75) is 13.1 Å². The summed E-state index contributed by atoms with van der Waals surface area (Å²) < 4.78 is 18.2. The first-order valence-electron chi connectivity index (χ1n) is 5.23. The molecule has 1 heterocycles. The van der Waals surface area contributed by atoms with Crippen molar-refractivity contribution in [3.63, 3.8) is 0 Å². The minimum absolute atomic E-state index is 0.259. The van der Waals surface area contributed by atoms with E-state index in [0.717, 1.165) is 5.56 Å². The van der Waals surface area contributed by atoms with Crippen molar-refractivity contribution in [1.29, 1.82) is 0 Å². The van der Waals surface area contributed by atoms with Gasteiger partial charge in [-0.05, 0) is 24.7 Å². The second-order valence-corrected chi connectivity index (χ2v) is 3.51. The molecule has 6 heteroatoms. The summed E-state index contributed by atoms with van der Waals surface area (Å²) in [5.74, 6) is 0.250. The van der Waals surface area contributed by atoms with Gasteiger partial charge < -0.3 is 15.1 Å². The molecular weight excluding hydrogens is 223 g/mol. The first-order chi connectivity index (χ1) is 8.28. The number of halogens is 1. The Hall–Kier alpha value is -1.95. The van der Waals surface area contributed by atoms with Gasteiger partial charge in [0, 0.05) is 6.54 Å². The molecule has 1 aromatic heterocycles. The Bertz CT molecular complexity index is 486. The monoisotopic (exact) mass is 236 g/mol. The fourth-order valence-corrected chi connectivity index (χ4v) is 1.37. The zero-order valence-electron chi connectivity index (χ0n) is 9.40. The molecule has 90 valence electrons. The summed E-state index contributed by atoms with van der Waals surface area (Å²) >= 11 is 0. The molecule has 0 atom stereocenters. The lowest BCUT2D eigenvalue weighted by atomic mass is 10.2. The molecule has 1 aromatic carbocycles. The van der Waals surface area contributed by atoms with E-state index in [0.29, 0.717) is 25.0 Å². The minimum Gasteiger partial charge on any atom is -0.407 e. The number of hydrogen-bond acceptors (Lipinski definition) is 5. The lowest BCUT2D eigenvalue weighted by molar-refractivity contribution is 0.489. The summed E-state index contributed by atoms with van der Waals surface area (Å²) in [6.07, 6.45) is 0. The van der Waals surface area contributed by atoms with E-state index in [2.05, 4.69) is 20.8 Å². The average molecular weight is 236 g/mol. The lowest BCUT2D eigenvalue weighted by Crippen LogP contribution is -2.04. The van der Waals surface area contributed by atoms with Gasteiger partial charge in [-0.2, -0.15) is 0 Å². The van der Waals surface area contributed by atoms with Crippen molar-refractivity contribution < 1.29 is 8.81 Å². The average Bonchev–Trinajstić information content (AvgIpc) is 2.75. The smallest absolute Gasteiger partial charge is 0.315 e. The highest BCUT2D eigenvalue weighted by molar-refractivity contribution is 5.24. The molecule has 2 aromatic rings. The first kappa shape index (κ1) is 11.5. The van der Waals surface area contributed by atoms with Crippen LogP contribution in [0.3, 0.4) is 0 Å². The van der Waals surface area contributed by atoms with E-state index in [1.54, 1.807) is 13.1 Å². The van der Waals surface area contributed by atoms with Gasteiger partial charge in [-0.3, -0.25) is 0 Å². The van der Waals surface area contributed by atoms with Crippen LogP contribution in [0.25, 0.3) is 0 Å². The molecule has 2 N–H and O–H groups in total. The summed E-state index contributed by atoms with van der Waals surface area (Å²) in [6.45, 7) is 0.966. The number of rotatable bonds is 5. The second-order valence-electron chi connectivity index (χ2n) is 3.51. The van der Waals surface area contributed by atoms with Crippen LogP contribution in [0.2, 0.25) is 0 Å². The Morgan fingerprint density at radius 1 is 1.29 bits per heavy atom. The van der Waals surface area contributed by atoms with Crippen LogP contribution in [0.5, 0.6) is 0 Å². The predicted octanol–water partition coefficient (Wildman–Crippen LogP) is 1.54. The largest absolute Gasteiger partial charge is 0.407 e. The summed E-state index contributed by atoms with van der Waals surface area (Å²) in [7, 11) is 1.80. The highest BCUT2D eigenvalue weighted by Gasteiger charge is 2.04. The number of benzene rings is 1. The highest BCUT2D eigenvalue weighted by Crippen LogP contribution is 2.09. The first-order valence-corrected chi connectivity index (χ1v) is 5.23. The van der Waals surface area contributed by atoms with E-state index < -0.39 is 0 Å². The van der Waals surface area contributed by atoms with E-state index in [1.807, 2.05) is 6.07 Å². The van der Waals surface area contributed by atoms with Gasteiger partial charge in [0.05, 0.1) is 6.54 Å². The van der Waals surface area contributed by atoms with E-state index in [1.165, 1.54) is 12.1 Å². The maximum Gasteiger partial charge on any atom is 0.315 e. The topological polar surface area (TPSA) is 63.0 Å². The van der Waals surface area contributed by atoms with Crippen LogP contribution >= 0.6 is 0 Å². The Labute approximate surface area is 98.1 Å². The molecule has 0 saturated carbocycles. The summed E-state index contributed by atoms with van der Waals surface area (Å²) in [6, 6.07) is 6.67. The van der Waals surface area contributed by atoms with Crippen molar-refractivity contribution in [1.82, 2.24) is 15.5 Å². The predicted molar refractivity (Wildman–Crippen MR) is 60.8 cm³/mol. The quantitative estimate of drug-likeness (QED) is 0.824. The van der Waals surface area contributed by atoms with Crippen LogP contribution < -0.4 is 10.6 Å². The molecule has 0 amide bonds. The van der Waals surface area contributed by atoms with Crippen LogP contribution in [0.15, 0.2) is 28.7 Å². The Balaban J connectivity index is 1.93. The van der Waals surface area contributed by atoms with Gasteiger partial charge in [0.15, 0.2) is 0 Å². The molecule has 17 heavy (non-hydrogen) atoms. The number of aromatic nitrogens is 2. The van der Waals surface area contributed by atoms with Gasteiger partial charge in [-0.1, -0.05) is 17.2 Å². The third kappa shape index (κ3) is 3.25. The van der Waals surface area contributed by atoms with Gasteiger partial charge in [-0.15, -0.1) is 5.10 Å².